The van der Waals surface area contributed by atoms with Gasteiger partial charge in [0.1, 0.15) is 0 Å². The highest BCUT2D eigenvalue weighted by Gasteiger charge is 2.19. The van der Waals surface area contributed by atoms with E-state index in [2.05, 4.69) is 15.9 Å². The van der Waals surface area contributed by atoms with Crippen LogP contribution in [0.2, 0.25) is 0 Å². The Hall–Kier alpha value is -1.07. The Bertz CT molecular complexity index is 415. The minimum absolute atomic E-state index is 0.390. The van der Waals surface area contributed by atoms with Crippen molar-refractivity contribution < 1.29 is 19.4 Å². The summed E-state index contributed by atoms with van der Waals surface area (Å²) in [5.74, 6) is 0.867. The molecule has 1 unspecified atom stereocenters. The van der Waals surface area contributed by atoms with Crippen LogP contribution >= 0.6 is 15.9 Å². The second-order valence-corrected chi connectivity index (χ2v) is 4.52. The normalized spacial score (nSPS) is 12.1. The molecule has 0 saturated heterocycles. The quantitative estimate of drug-likeness (QED) is 0.847. The number of hydrogen-bond donors (Lipinski definition) is 1. The Morgan fingerprint density at radius 1 is 1.41 bits per heavy atom. The van der Waals surface area contributed by atoms with Gasteiger partial charge >= 0.3 is 0 Å². The molecule has 0 saturated carbocycles. The van der Waals surface area contributed by atoms with Gasteiger partial charge in [-0.25, -0.2) is 0 Å². The number of halogens is 1. The lowest BCUT2D eigenvalue weighted by atomic mass is 10.0. The van der Waals surface area contributed by atoms with Gasteiger partial charge in [-0.15, -0.1) is 0 Å². The van der Waals surface area contributed by atoms with E-state index >= 15 is 0 Å². The van der Waals surface area contributed by atoms with Gasteiger partial charge in [0.15, 0.2) is 17.8 Å². The van der Waals surface area contributed by atoms with Crippen LogP contribution in [0.1, 0.15) is 22.8 Å². The number of carbonyl (C=O) groups excluding carboxylic acids is 1. The fraction of sp³-hybridized carbons (Fsp3) is 0.417. The number of carbonyl (C=O) groups is 1. The molecule has 0 aliphatic heterocycles. The number of ether oxygens (including phenoxy) is 2. The van der Waals surface area contributed by atoms with Gasteiger partial charge in [-0.05, 0) is 13.0 Å². The van der Waals surface area contributed by atoms with Crippen LogP contribution in [0.15, 0.2) is 10.5 Å². The molecule has 0 spiro atoms. The molecule has 1 atom stereocenters. The van der Waals surface area contributed by atoms with Gasteiger partial charge in [0.05, 0.1) is 25.9 Å². The SMILES string of the molecule is COc1c(C=O)cc(Br)c(CC(C)O)c1OC. The van der Waals surface area contributed by atoms with Gasteiger partial charge < -0.3 is 14.6 Å². The molecule has 0 aliphatic rings. The number of hydrogen-bond acceptors (Lipinski definition) is 4. The second kappa shape index (κ2) is 6.02. The Morgan fingerprint density at radius 3 is 2.41 bits per heavy atom. The smallest absolute Gasteiger partial charge is 0.171 e. The zero-order chi connectivity index (χ0) is 13.0. The fourth-order valence-electron chi connectivity index (χ4n) is 1.67. The highest BCUT2D eigenvalue weighted by Crippen LogP contribution is 2.39. The molecule has 0 bridgehead atoms. The van der Waals surface area contributed by atoms with Crippen molar-refractivity contribution in [2.45, 2.75) is 19.4 Å². The number of aliphatic hydroxyl groups excluding tert-OH is 1. The van der Waals surface area contributed by atoms with Gasteiger partial charge in [-0.1, -0.05) is 15.9 Å². The zero-order valence-corrected chi connectivity index (χ0v) is 11.6. The summed E-state index contributed by atoms with van der Waals surface area (Å²) in [5.41, 5.74) is 1.19. The van der Waals surface area contributed by atoms with E-state index < -0.39 is 6.10 Å². The fourth-order valence-corrected chi connectivity index (χ4v) is 2.25. The molecule has 0 radical (unpaired) electrons. The molecule has 1 aromatic carbocycles. The number of aldehydes is 1. The van der Waals surface area contributed by atoms with Crippen LogP contribution < -0.4 is 9.47 Å². The largest absolute Gasteiger partial charge is 0.493 e. The van der Waals surface area contributed by atoms with Crippen molar-refractivity contribution in [1.82, 2.24) is 0 Å². The maximum atomic E-state index is 10.9. The molecule has 1 N–H and O–H groups in total. The van der Waals surface area contributed by atoms with Gasteiger partial charge in [0.25, 0.3) is 0 Å². The Balaban J connectivity index is 3.43. The molecule has 0 aliphatic carbocycles. The van der Waals surface area contributed by atoms with Crippen LogP contribution in [-0.2, 0) is 6.42 Å². The van der Waals surface area contributed by atoms with Crippen molar-refractivity contribution >= 4 is 22.2 Å². The number of aliphatic hydroxyl groups is 1. The van der Waals surface area contributed by atoms with Crippen molar-refractivity contribution in [3.05, 3.63) is 21.7 Å². The van der Waals surface area contributed by atoms with E-state index in [0.29, 0.717) is 29.8 Å². The van der Waals surface area contributed by atoms with Gasteiger partial charge in [0.2, 0.25) is 0 Å². The van der Waals surface area contributed by atoms with Crippen LogP contribution in [0.4, 0.5) is 0 Å². The summed E-state index contributed by atoms with van der Waals surface area (Å²) in [6, 6.07) is 1.66. The summed E-state index contributed by atoms with van der Waals surface area (Å²) < 4.78 is 11.2. The lowest BCUT2D eigenvalue weighted by molar-refractivity contribution is 0.112. The van der Waals surface area contributed by atoms with E-state index in [1.165, 1.54) is 14.2 Å². The third-order valence-electron chi connectivity index (χ3n) is 2.35. The Kier molecular flexibility index (Phi) is 4.96. The first-order valence-corrected chi connectivity index (χ1v) is 5.91. The monoisotopic (exact) mass is 302 g/mol. The second-order valence-electron chi connectivity index (χ2n) is 3.66. The van der Waals surface area contributed by atoms with E-state index in [4.69, 9.17) is 9.47 Å². The average molecular weight is 303 g/mol. The first-order chi connectivity index (χ1) is 8.04. The van der Waals surface area contributed by atoms with Crippen molar-refractivity contribution in [2.24, 2.45) is 0 Å². The molecule has 0 amide bonds. The zero-order valence-electron chi connectivity index (χ0n) is 9.99. The maximum Gasteiger partial charge on any atom is 0.171 e. The van der Waals surface area contributed by atoms with Crippen molar-refractivity contribution in [1.29, 1.82) is 0 Å². The highest BCUT2D eigenvalue weighted by molar-refractivity contribution is 9.10. The van der Waals surface area contributed by atoms with Crippen molar-refractivity contribution in [3.63, 3.8) is 0 Å². The van der Waals surface area contributed by atoms with Crippen LogP contribution in [0.5, 0.6) is 11.5 Å². The number of rotatable bonds is 5. The molecule has 1 rings (SSSR count). The molecule has 94 valence electrons. The summed E-state index contributed by atoms with van der Waals surface area (Å²) >= 11 is 3.37. The first kappa shape index (κ1) is 14.0. The van der Waals surface area contributed by atoms with Crippen molar-refractivity contribution in [3.8, 4) is 11.5 Å². The van der Waals surface area contributed by atoms with Gasteiger partial charge in [0, 0.05) is 16.5 Å². The van der Waals surface area contributed by atoms with E-state index in [-0.39, 0.29) is 0 Å². The predicted molar refractivity (Wildman–Crippen MR) is 68.0 cm³/mol. The van der Waals surface area contributed by atoms with Gasteiger partial charge in [-0.3, -0.25) is 4.79 Å². The minimum Gasteiger partial charge on any atom is -0.493 e. The maximum absolute atomic E-state index is 10.9. The molecular weight excluding hydrogens is 288 g/mol. The molecular formula is C12H15BrO4. The minimum atomic E-state index is -0.507. The topological polar surface area (TPSA) is 55.8 Å². The third kappa shape index (κ3) is 2.98. The highest BCUT2D eigenvalue weighted by atomic mass is 79.9. The van der Waals surface area contributed by atoms with Crippen LogP contribution in [0.3, 0.4) is 0 Å². The predicted octanol–water partition coefficient (Wildman–Crippen LogP) is 2.20. The third-order valence-corrected chi connectivity index (χ3v) is 3.06. The number of methoxy groups -OCH3 is 2. The summed E-state index contributed by atoms with van der Waals surface area (Å²) in [7, 11) is 2.98. The Labute approximate surface area is 109 Å². The summed E-state index contributed by atoms with van der Waals surface area (Å²) in [6.45, 7) is 1.69. The molecule has 17 heavy (non-hydrogen) atoms. The molecule has 0 aromatic heterocycles. The standard InChI is InChI=1S/C12H15BrO4/c1-7(15)4-9-10(13)5-8(6-14)11(16-2)12(9)17-3/h5-7,15H,4H2,1-3H3. The first-order valence-electron chi connectivity index (χ1n) is 5.11. The molecule has 1 aromatic rings. The van der Waals surface area contributed by atoms with Crippen LogP contribution in [-0.4, -0.2) is 31.7 Å². The lowest BCUT2D eigenvalue weighted by Gasteiger charge is -2.17. The van der Waals surface area contributed by atoms with Crippen LogP contribution in [0.25, 0.3) is 0 Å². The summed E-state index contributed by atoms with van der Waals surface area (Å²) in [6.07, 6.45) is 0.615. The summed E-state index contributed by atoms with van der Waals surface area (Å²) in [4.78, 5) is 10.9. The van der Waals surface area contributed by atoms with Gasteiger partial charge in [-0.2, -0.15) is 0 Å². The Morgan fingerprint density at radius 2 is 2.00 bits per heavy atom. The van der Waals surface area contributed by atoms with E-state index in [0.717, 1.165) is 10.0 Å². The van der Waals surface area contributed by atoms with E-state index in [9.17, 15) is 9.90 Å². The average Bonchev–Trinajstić information content (AvgIpc) is 2.30. The summed E-state index contributed by atoms with van der Waals surface area (Å²) in [5, 5.41) is 9.45. The molecule has 5 heteroatoms. The van der Waals surface area contributed by atoms with E-state index in [1.54, 1.807) is 13.0 Å². The molecule has 0 fully saturated rings. The van der Waals surface area contributed by atoms with Crippen LogP contribution in [0, 0.1) is 0 Å². The van der Waals surface area contributed by atoms with Crippen molar-refractivity contribution in [2.75, 3.05) is 14.2 Å². The molecule has 4 nitrogen and oxygen atoms in total. The van der Waals surface area contributed by atoms with E-state index in [1.807, 2.05) is 0 Å². The molecule has 0 heterocycles. The lowest BCUT2D eigenvalue weighted by Crippen LogP contribution is -2.08. The number of benzene rings is 1.